The second-order valence-corrected chi connectivity index (χ2v) is 3.89. The second-order valence-electron chi connectivity index (χ2n) is 3.89. The van der Waals surface area contributed by atoms with Crippen LogP contribution in [0.25, 0.3) is 0 Å². The maximum absolute atomic E-state index is 9.48. The minimum Gasteiger partial charge on any atom is -0.449 e. The van der Waals surface area contributed by atoms with E-state index in [9.17, 15) is 5.11 Å². The van der Waals surface area contributed by atoms with Crippen LogP contribution in [0, 0.1) is 6.92 Å². The van der Waals surface area contributed by atoms with Crippen molar-refractivity contribution in [2.24, 2.45) is 0 Å². The van der Waals surface area contributed by atoms with Gasteiger partial charge in [0.2, 0.25) is 0 Å². The van der Waals surface area contributed by atoms with E-state index < -0.39 is 0 Å². The SMILES string of the molecule is Cc1nc(CN2CCCC(O)C2)co1. The third-order valence-corrected chi connectivity index (χ3v) is 2.53. The fourth-order valence-corrected chi connectivity index (χ4v) is 1.88. The molecule has 1 unspecified atom stereocenters. The van der Waals surface area contributed by atoms with Crippen LogP contribution in [0.1, 0.15) is 24.4 Å². The van der Waals surface area contributed by atoms with Crippen molar-refractivity contribution in [1.82, 2.24) is 9.88 Å². The van der Waals surface area contributed by atoms with Crippen molar-refractivity contribution in [1.29, 1.82) is 0 Å². The largest absolute Gasteiger partial charge is 0.449 e. The smallest absolute Gasteiger partial charge is 0.191 e. The molecule has 0 spiro atoms. The summed E-state index contributed by atoms with van der Waals surface area (Å²) in [6.45, 7) is 4.43. The van der Waals surface area contributed by atoms with E-state index in [1.54, 1.807) is 6.26 Å². The van der Waals surface area contributed by atoms with Crippen molar-refractivity contribution in [2.45, 2.75) is 32.4 Å². The number of nitrogens with zero attached hydrogens (tertiary/aromatic N) is 2. The molecule has 4 nitrogen and oxygen atoms in total. The third-order valence-electron chi connectivity index (χ3n) is 2.53. The molecule has 1 aromatic rings. The van der Waals surface area contributed by atoms with Crippen molar-refractivity contribution in [3.05, 3.63) is 17.8 Å². The summed E-state index contributed by atoms with van der Waals surface area (Å²) in [4.78, 5) is 6.45. The number of likely N-dealkylation sites (tertiary alicyclic amines) is 1. The van der Waals surface area contributed by atoms with Gasteiger partial charge >= 0.3 is 0 Å². The summed E-state index contributed by atoms with van der Waals surface area (Å²) in [5, 5.41) is 9.48. The van der Waals surface area contributed by atoms with Crippen LogP contribution in [0.5, 0.6) is 0 Å². The molecule has 0 amide bonds. The molecule has 0 aromatic carbocycles. The summed E-state index contributed by atoms with van der Waals surface area (Å²) in [5.74, 6) is 0.706. The Labute approximate surface area is 83.5 Å². The highest BCUT2D eigenvalue weighted by atomic mass is 16.3. The van der Waals surface area contributed by atoms with Crippen LogP contribution in [0.3, 0.4) is 0 Å². The normalized spacial score (nSPS) is 24.0. The van der Waals surface area contributed by atoms with Crippen LogP contribution < -0.4 is 0 Å². The lowest BCUT2D eigenvalue weighted by Crippen LogP contribution is -2.37. The van der Waals surface area contributed by atoms with E-state index in [0.717, 1.165) is 38.2 Å². The topological polar surface area (TPSA) is 49.5 Å². The van der Waals surface area contributed by atoms with E-state index in [-0.39, 0.29) is 6.10 Å². The first-order chi connectivity index (χ1) is 6.74. The Hall–Kier alpha value is -0.870. The summed E-state index contributed by atoms with van der Waals surface area (Å²) >= 11 is 0. The number of aliphatic hydroxyl groups is 1. The monoisotopic (exact) mass is 196 g/mol. The Kier molecular flexibility index (Phi) is 2.84. The lowest BCUT2D eigenvalue weighted by Gasteiger charge is -2.29. The minimum atomic E-state index is -0.170. The van der Waals surface area contributed by atoms with E-state index in [1.165, 1.54) is 0 Å². The van der Waals surface area contributed by atoms with Gasteiger partial charge in [0.1, 0.15) is 6.26 Å². The molecule has 0 aliphatic carbocycles. The lowest BCUT2D eigenvalue weighted by atomic mass is 10.1. The van der Waals surface area contributed by atoms with Gasteiger partial charge in [-0.25, -0.2) is 4.98 Å². The summed E-state index contributed by atoms with van der Waals surface area (Å²) in [6, 6.07) is 0. The fraction of sp³-hybridized carbons (Fsp3) is 0.700. The van der Waals surface area contributed by atoms with Crippen LogP contribution in [0.2, 0.25) is 0 Å². The van der Waals surface area contributed by atoms with E-state index in [4.69, 9.17) is 4.42 Å². The van der Waals surface area contributed by atoms with Crippen LogP contribution in [0.15, 0.2) is 10.7 Å². The predicted molar refractivity (Wildman–Crippen MR) is 51.8 cm³/mol. The molecule has 0 bridgehead atoms. The average molecular weight is 196 g/mol. The number of aryl methyl sites for hydroxylation is 1. The van der Waals surface area contributed by atoms with Crippen LogP contribution >= 0.6 is 0 Å². The minimum absolute atomic E-state index is 0.170. The molecule has 1 N–H and O–H groups in total. The molecular formula is C10H16N2O2. The number of β-amino-alcohol motifs (C(OH)–C–C–N with tert-alkyl or cyclic N) is 1. The molecule has 1 atom stereocenters. The van der Waals surface area contributed by atoms with Crippen molar-refractivity contribution in [2.75, 3.05) is 13.1 Å². The van der Waals surface area contributed by atoms with E-state index in [1.807, 2.05) is 6.92 Å². The van der Waals surface area contributed by atoms with Crippen molar-refractivity contribution in [3.63, 3.8) is 0 Å². The second kappa shape index (κ2) is 4.11. The number of hydrogen-bond donors (Lipinski definition) is 1. The molecule has 1 fully saturated rings. The fourth-order valence-electron chi connectivity index (χ4n) is 1.88. The summed E-state index contributed by atoms with van der Waals surface area (Å²) in [6.07, 6.45) is 3.51. The highest BCUT2D eigenvalue weighted by molar-refractivity contribution is 4.95. The number of oxazole rings is 1. The van der Waals surface area contributed by atoms with Crippen LogP contribution in [0.4, 0.5) is 0 Å². The maximum atomic E-state index is 9.48. The zero-order valence-electron chi connectivity index (χ0n) is 8.44. The number of piperidine rings is 1. The van der Waals surface area contributed by atoms with Gasteiger partial charge in [-0.15, -0.1) is 0 Å². The zero-order valence-corrected chi connectivity index (χ0v) is 8.44. The van der Waals surface area contributed by atoms with Gasteiger partial charge in [-0.1, -0.05) is 0 Å². The van der Waals surface area contributed by atoms with E-state index in [2.05, 4.69) is 9.88 Å². The van der Waals surface area contributed by atoms with Crippen molar-refractivity contribution in [3.8, 4) is 0 Å². The lowest BCUT2D eigenvalue weighted by molar-refractivity contribution is 0.0662. The molecule has 0 saturated carbocycles. The zero-order chi connectivity index (χ0) is 9.97. The number of aliphatic hydroxyl groups excluding tert-OH is 1. The van der Waals surface area contributed by atoms with Crippen LogP contribution in [-0.4, -0.2) is 34.2 Å². The molecule has 1 aromatic heterocycles. The highest BCUT2D eigenvalue weighted by Crippen LogP contribution is 2.13. The standard InChI is InChI=1S/C10H16N2O2/c1-8-11-9(7-14-8)5-12-4-2-3-10(13)6-12/h7,10,13H,2-6H2,1H3. The molecule has 2 heterocycles. The van der Waals surface area contributed by atoms with Crippen molar-refractivity contribution >= 4 is 0 Å². The van der Waals surface area contributed by atoms with Gasteiger partial charge in [-0.05, 0) is 19.4 Å². The van der Waals surface area contributed by atoms with Gasteiger partial charge in [0, 0.05) is 20.0 Å². The number of hydrogen-bond acceptors (Lipinski definition) is 4. The highest BCUT2D eigenvalue weighted by Gasteiger charge is 2.18. The molecule has 14 heavy (non-hydrogen) atoms. The van der Waals surface area contributed by atoms with Gasteiger partial charge in [0.25, 0.3) is 0 Å². The first-order valence-electron chi connectivity index (χ1n) is 5.05. The Morgan fingerprint density at radius 1 is 1.71 bits per heavy atom. The first-order valence-corrected chi connectivity index (χ1v) is 5.05. The quantitative estimate of drug-likeness (QED) is 0.764. The Morgan fingerprint density at radius 3 is 3.21 bits per heavy atom. The third kappa shape index (κ3) is 2.33. The number of aromatic nitrogens is 1. The van der Waals surface area contributed by atoms with Crippen molar-refractivity contribution < 1.29 is 9.52 Å². The van der Waals surface area contributed by atoms with Crippen LogP contribution in [-0.2, 0) is 6.54 Å². The average Bonchev–Trinajstić information content (AvgIpc) is 2.51. The maximum Gasteiger partial charge on any atom is 0.191 e. The molecular weight excluding hydrogens is 180 g/mol. The van der Waals surface area contributed by atoms with Gasteiger partial charge in [-0.2, -0.15) is 0 Å². The summed E-state index contributed by atoms with van der Waals surface area (Å²) < 4.78 is 5.13. The Balaban J connectivity index is 1.90. The van der Waals surface area contributed by atoms with Gasteiger partial charge in [0.15, 0.2) is 5.89 Å². The van der Waals surface area contributed by atoms with Gasteiger partial charge in [0.05, 0.1) is 11.8 Å². The van der Waals surface area contributed by atoms with Gasteiger partial charge < -0.3 is 9.52 Å². The van der Waals surface area contributed by atoms with E-state index >= 15 is 0 Å². The molecule has 0 radical (unpaired) electrons. The molecule has 1 aliphatic rings. The molecule has 1 aliphatic heterocycles. The summed E-state index contributed by atoms with van der Waals surface area (Å²) in [5.41, 5.74) is 0.955. The van der Waals surface area contributed by atoms with Gasteiger partial charge in [-0.3, -0.25) is 4.90 Å². The summed E-state index contributed by atoms with van der Waals surface area (Å²) in [7, 11) is 0. The number of rotatable bonds is 2. The molecule has 4 heteroatoms. The Bertz CT molecular complexity index is 298. The molecule has 2 rings (SSSR count). The predicted octanol–water partition coefficient (Wildman–Crippen LogP) is 0.940. The van der Waals surface area contributed by atoms with E-state index in [0.29, 0.717) is 5.89 Å². The molecule has 1 saturated heterocycles. The Morgan fingerprint density at radius 2 is 2.57 bits per heavy atom. The molecule has 78 valence electrons. The first kappa shape index (κ1) is 9.68.